The zero-order valence-corrected chi connectivity index (χ0v) is 18.3. The predicted octanol–water partition coefficient (Wildman–Crippen LogP) is 4.56. The summed E-state index contributed by atoms with van der Waals surface area (Å²) in [5, 5.41) is 3.02. The third-order valence-corrected chi connectivity index (χ3v) is 6.39. The van der Waals surface area contributed by atoms with Crippen LogP contribution in [0.3, 0.4) is 0 Å². The highest BCUT2D eigenvalue weighted by molar-refractivity contribution is 7.99. The molecule has 2 heterocycles. The van der Waals surface area contributed by atoms with Crippen LogP contribution in [-0.4, -0.2) is 34.1 Å². The van der Waals surface area contributed by atoms with Crippen LogP contribution in [0.2, 0.25) is 0 Å². The van der Waals surface area contributed by atoms with Crippen LogP contribution in [-0.2, 0) is 9.59 Å². The van der Waals surface area contributed by atoms with Gasteiger partial charge in [0.05, 0.1) is 23.6 Å². The maximum absolute atomic E-state index is 12.8. The second kappa shape index (κ2) is 9.83. The van der Waals surface area contributed by atoms with Gasteiger partial charge in [0.2, 0.25) is 11.8 Å². The lowest BCUT2D eigenvalue weighted by Gasteiger charge is -2.29. The average molecular weight is 435 g/mol. The Morgan fingerprint density at radius 2 is 1.90 bits per heavy atom. The third-order valence-electron chi connectivity index (χ3n) is 5.35. The zero-order valence-electron chi connectivity index (χ0n) is 17.5. The average Bonchev–Trinajstić information content (AvgIpc) is 3.31. The van der Waals surface area contributed by atoms with E-state index < -0.39 is 0 Å². The summed E-state index contributed by atoms with van der Waals surface area (Å²) in [5.41, 5.74) is 2.91. The molecule has 1 atom stereocenters. The molecule has 31 heavy (non-hydrogen) atoms. The highest BCUT2D eigenvalue weighted by atomic mass is 32.2. The quantitative estimate of drug-likeness (QED) is 0.571. The molecular formula is C24H26N4O2S. The van der Waals surface area contributed by atoms with Crippen LogP contribution < -0.4 is 10.2 Å². The highest BCUT2D eigenvalue weighted by Gasteiger charge is 2.23. The Kier molecular flexibility index (Phi) is 6.72. The minimum atomic E-state index is -0.216. The number of H-pyrrole nitrogens is 1. The van der Waals surface area contributed by atoms with E-state index in [-0.39, 0.29) is 30.7 Å². The number of carbonyl (C=O) groups is 2. The monoisotopic (exact) mass is 434 g/mol. The number of aromatic amines is 1. The number of hydrogen-bond acceptors (Lipinski definition) is 4. The summed E-state index contributed by atoms with van der Waals surface area (Å²) in [4.78, 5) is 36.0. The van der Waals surface area contributed by atoms with Gasteiger partial charge < -0.3 is 15.2 Å². The standard InChI is InChI=1S/C24H26N4O2S/c1-2-18(24-25-16-19(27-24)17-8-4-3-5-9-17)26-22(29)12-13-23(30)28-14-15-31-21-11-7-6-10-20(21)28/h3-11,16,18H,2,12-15H2,1H3,(H,25,27)(H,26,29). The van der Waals surface area contributed by atoms with Crippen molar-refractivity contribution in [2.45, 2.75) is 37.1 Å². The van der Waals surface area contributed by atoms with Gasteiger partial charge in [0.25, 0.3) is 0 Å². The molecule has 7 heteroatoms. The first-order valence-electron chi connectivity index (χ1n) is 10.6. The van der Waals surface area contributed by atoms with Crippen molar-refractivity contribution >= 4 is 29.3 Å². The van der Waals surface area contributed by atoms with Gasteiger partial charge >= 0.3 is 0 Å². The van der Waals surface area contributed by atoms with Gasteiger partial charge in [-0.2, -0.15) is 0 Å². The molecule has 2 aromatic carbocycles. The van der Waals surface area contributed by atoms with Gasteiger partial charge in [-0.25, -0.2) is 4.98 Å². The first-order chi connectivity index (χ1) is 15.2. The number of fused-ring (bicyclic) bond motifs is 1. The van der Waals surface area contributed by atoms with Crippen LogP contribution in [0.25, 0.3) is 11.3 Å². The van der Waals surface area contributed by atoms with Gasteiger partial charge in [-0.3, -0.25) is 9.59 Å². The number of amides is 2. The summed E-state index contributed by atoms with van der Waals surface area (Å²) in [6.07, 6.45) is 2.84. The summed E-state index contributed by atoms with van der Waals surface area (Å²) in [7, 11) is 0. The fourth-order valence-electron chi connectivity index (χ4n) is 3.69. The van der Waals surface area contributed by atoms with Crippen molar-refractivity contribution in [2.24, 2.45) is 0 Å². The van der Waals surface area contributed by atoms with Crippen molar-refractivity contribution in [3.8, 4) is 11.3 Å². The Balaban J connectivity index is 1.34. The molecule has 2 amide bonds. The Morgan fingerprint density at radius 1 is 1.13 bits per heavy atom. The lowest BCUT2D eigenvalue weighted by atomic mass is 10.1. The number of carbonyl (C=O) groups excluding carboxylic acids is 2. The van der Waals surface area contributed by atoms with E-state index in [9.17, 15) is 9.59 Å². The van der Waals surface area contributed by atoms with Crippen LogP contribution in [0.4, 0.5) is 5.69 Å². The van der Waals surface area contributed by atoms with Crippen LogP contribution >= 0.6 is 11.8 Å². The summed E-state index contributed by atoms with van der Waals surface area (Å²) in [6.45, 7) is 2.68. The van der Waals surface area contributed by atoms with Crippen molar-refractivity contribution in [1.82, 2.24) is 15.3 Å². The van der Waals surface area contributed by atoms with Crippen LogP contribution in [0.15, 0.2) is 65.7 Å². The first-order valence-corrected chi connectivity index (χ1v) is 11.6. The smallest absolute Gasteiger partial charge is 0.227 e. The summed E-state index contributed by atoms with van der Waals surface area (Å²) in [5.74, 6) is 1.44. The molecule has 0 radical (unpaired) electrons. The van der Waals surface area contributed by atoms with E-state index in [1.165, 1.54) is 0 Å². The van der Waals surface area contributed by atoms with E-state index in [2.05, 4.69) is 15.3 Å². The number of thioether (sulfide) groups is 1. The van der Waals surface area contributed by atoms with E-state index in [1.54, 1.807) is 22.9 Å². The van der Waals surface area contributed by atoms with E-state index in [1.807, 2.05) is 61.5 Å². The fraction of sp³-hybridized carbons (Fsp3) is 0.292. The van der Waals surface area contributed by atoms with Gasteiger partial charge in [0, 0.05) is 30.0 Å². The maximum atomic E-state index is 12.8. The van der Waals surface area contributed by atoms with Crippen LogP contribution in [0.5, 0.6) is 0 Å². The SMILES string of the molecule is CCC(NC(=O)CCC(=O)N1CCSc2ccccc21)c1ncc(-c2ccccc2)[nH]1. The Hall–Kier alpha value is -3.06. The molecule has 2 N–H and O–H groups in total. The molecule has 1 aliphatic heterocycles. The number of imidazole rings is 1. The topological polar surface area (TPSA) is 78.1 Å². The maximum Gasteiger partial charge on any atom is 0.227 e. The number of aromatic nitrogens is 2. The Labute approximate surface area is 186 Å². The van der Waals surface area contributed by atoms with E-state index >= 15 is 0 Å². The van der Waals surface area contributed by atoms with Gasteiger partial charge in [0.1, 0.15) is 5.82 Å². The largest absolute Gasteiger partial charge is 0.346 e. The zero-order chi connectivity index (χ0) is 21.6. The molecule has 0 saturated carbocycles. The molecule has 0 spiro atoms. The molecule has 0 saturated heterocycles. The summed E-state index contributed by atoms with van der Waals surface area (Å²) >= 11 is 1.76. The van der Waals surface area contributed by atoms with Crippen molar-refractivity contribution in [1.29, 1.82) is 0 Å². The molecule has 0 fully saturated rings. The van der Waals surface area contributed by atoms with Gasteiger partial charge in [0.15, 0.2) is 0 Å². The lowest BCUT2D eigenvalue weighted by Crippen LogP contribution is -2.36. The molecule has 1 unspecified atom stereocenters. The number of benzene rings is 2. The van der Waals surface area contributed by atoms with Crippen molar-refractivity contribution in [2.75, 3.05) is 17.2 Å². The first kappa shape index (κ1) is 21.2. The number of hydrogen-bond donors (Lipinski definition) is 2. The van der Waals surface area contributed by atoms with Crippen LogP contribution in [0.1, 0.15) is 38.1 Å². The molecule has 6 nitrogen and oxygen atoms in total. The van der Waals surface area contributed by atoms with Crippen LogP contribution in [0, 0.1) is 0 Å². The van der Waals surface area contributed by atoms with Crippen molar-refractivity contribution in [3.63, 3.8) is 0 Å². The van der Waals surface area contributed by atoms with Gasteiger partial charge in [-0.1, -0.05) is 49.4 Å². The number of anilines is 1. The summed E-state index contributed by atoms with van der Waals surface area (Å²) in [6, 6.07) is 17.7. The van der Waals surface area contributed by atoms with E-state index in [0.29, 0.717) is 13.0 Å². The molecule has 0 aliphatic carbocycles. The molecule has 1 aromatic heterocycles. The highest BCUT2D eigenvalue weighted by Crippen LogP contribution is 2.34. The van der Waals surface area contributed by atoms with Crippen molar-refractivity contribution in [3.05, 3.63) is 66.6 Å². The minimum absolute atomic E-state index is 0.0136. The molecule has 1 aliphatic rings. The minimum Gasteiger partial charge on any atom is -0.346 e. The number of rotatable bonds is 7. The molecule has 3 aromatic rings. The second-order valence-electron chi connectivity index (χ2n) is 7.44. The molecule has 4 rings (SSSR count). The van der Waals surface area contributed by atoms with Gasteiger partial charge in [-0.05, 0) is 24.1 Å². The normalized spacial score (nSPS) is 14.0. The third kappa shape index (κ3) is 4.99. The lowest BCUT2D eigenvalue weighted by molar-refractivity contribution is -0.125. The Morgan fingerprint density at radius 3 is 2.71 bits per heavy atom. The molecular weight excluding hydrogens is 408 g/mol. The predicted molar refractivity (Wildman–Crippen MR) is 124 cm³/mol. The number of para-hydroxylation sites is 1. The fourth-order valence-corrected chi connectivity index (χ4v) is 4.69. The molecule has 0 bridgehead atoms. The number of nitrogens with one attached hydrogen (secondary N) is 2. The van der Waals surface area contributed by atoms with Crippen molar-refractivity contribution < 1.29 is 9.59 Å². The van der Waals surface area contributed by atoms with E-state index in [4.69, 9.17) is 0 Å². The number of nitrogens with zero attached hydrogens (tertiary/aromatic N) is 2. The summed E-state index contributed by atoms with van der Waals surface area (Å²) < 4.78 is 0. The van der Waals surface area contributed by atoms with Gasteiger partial charge in [-0.15, -0.1) is 11.8 Å². The Bertz CT molecular complexity index is 1050. The van der Waals surface area contributed by atoms with E-state index in [0.717, 1.165) is 33.4 Å². The second-order valence-corrected chi connectivity index (χ2v) is 8.57. The molecule has 160 valence electrons.